The molecule has 0 spiro atoms. The number of benzene rings is 1. The average molecular weight is 521 g/mol. The molecule has 4 aliphatic rings. The molecule has 1 heterocycles. The van der Waals surface area contributed by atoms with Crippen LogP contribution in [0.25, 0.3) is 0 Å². The molecule has 1 aromatic rings. The molecule has 0 saturated heterocycles. The van der Waals surface area contributed by atoms with E-state index < -0.39 is 34.9 Å². The molecule has 194 valence electrons. The van der Waals surface area contributed by atoms with Gasteiger partial charge in [-0.1, -0.05) is 36.9 Å². The van der Waals surface area contributed by atoms with Crippen LogP contribution in [0.2, 0.25) is 5.02 Å². The van der Waals surface area contributed by atoms with Crippen molar-refractivity contribution < 1.29 is 28.2 Å². The van der Waals surface area contributed by atoms with Gasteiger partial charge in [0.2, 0.25) is 5.92 Å². The number of alkyl halides is 2. The lowest BCUT2D eigenvalue weighted by Crippen LogP contribution is -2.62. The summed E-state index contributed by atoms with van der Waals surface area (Å²) in [6.45, 7) is 4.15. The first-order chi connectivity index (χ1) is 16.9. The number of amides is 2. The Labute approximate surface area is 214 Å². The van der Waals surface area contributed by atoms with Crippen molar-refractivity contribution in [2.45, 2.75) is 75.8 Å². The third-order valence-electron chi connectivity index (χ3n) is 8.33. The number of nitrogens with zero attached hydrogens (tertiary/aromatic N) is 1. The number of carbonyl (C=O) groups excluding carboxylic acids is 1. The second kappa shape index (κ2) is 8.75. The fourth-order valence-corrected chi connectivity index (χ4v) is 5.99. The maximum absolute atomic E-state index is 13.9. The molecule has 6 nitrogen and oxygen atoms in total. The summed E-state index contributed by atoms with van der Waals surface area (Å²) in [5, 5.41) is 12.7. The molecule has 3 aliphatic carbocycles. The van der Waals surface area contributed by atoms with Gasteiger partial charge in [-0.05, 0) is 61.4 Å². The molecule has 0 aromatic heterocycles. The number of aliphatic carboxylic acids is 1. The summed E-state index contributed by atoms with van der Waals surface area (Å²) in [7, 11) is 0. The molecule has 2 N–H and O–H groups in total. The van der Waals surface area contributed by atoms with Gasteiger partial charge in [0.05, 0.1) is 22.7 Å². The summed E-state index contributed by atoms with van der Waals surface area (Å²) in [4.78, 5) is 26.0. The molecule has 0 radical (unpaired) electrons. The number of nitrogens with one attached hydrogen (secondary N) is 1. The van der Waals surface area contributed by atoms with Crippen LogP contribution >= 0.6 is 11.6 Å². The van der Waals surface area contributed by atoms with Gasteiger partial charge in [0.25, 0.3) is 0 Å². The summed E-state index contributed by atoms with van der Waals surface area (Å²) in [5.41, 5.74) is -0.340. The molecule has 1 aliphatic heterocycles. The van der Waals surface area contributed by atoms with Crippen LogP contribution in [-0.4, -0.2) is 40.1 Å². The minimum atomic E-state index is -2.74. The van der Waals surface area contributed by atoms with E-state index in [9.17, 15) is 23.5 Å². The molecule has 2 fully saturated rings. The van der Waals surface area contributed by atoms with E-state index in [1.54, 1.807) is 32.2 Å². The molecule has 36 heavy (non-hydrogen) atoms. The predicted octanol–water partition coefficient (Wildman–Crippen LogP) is 6.25. The van der Waals surface area contributed by atoms with Crippen molar-refractivity contribution in [3.8, 4) is 5.75 Å². The van der Waals surface area contributed by atoms with E-state index in [0.717, 1.165) is 12.3 Å². The minimum Gasteiger partial charge on any atom is -0.492 e. The highest BCUT2D eigenvalue weighted by Crippen LogP contribution is 2.53. The van der Waals surface area contributed by atoms with E-state index in [4.69, 9.17) is 16.3 Å². The standard InChI is InChI=1S/C27H31ClF2N2O4/c1-25(11-18(12-25)23(33)34)32-15-20(17-13-27(29,30)14-17)26(2,31-24(32)35)19-6-7-22(21(28)10-19)36-9-8-16-4-3-5-16/h6-7,10-11,15-17H,3-5,8-9,12-14H2,1-2H3,(H,31,35)(H,33,34)/t25?,26-/m0/s1. The van der Waals surface area contributed by atoms with Crippen LogP contribution in [0, 0.1) is 11.8 Å². The van der Waals surface area contributed by atoms with Gasteiger partial charge in [-0.15, -0.1) is 0 Å². The fourth-order valence-electron chi connectivity index (χ4n) is 5.76. The molecule has 9 heteroatoms. The molecular weight excluding hydrogens is 490 g/mol. The first kappa shape index (κ1) is 25.1. The fraction of sp³-hybridized carbons (Fsp3) is 0.556. The average Bonchev–Trinajstić information content (AvgIpc) is 2.72. The Morgan fingerprint density at radius 3 is 2.53 bits per heavy atom. The van der Waals surface area contributed by atoms with Crippen LogP contribution in [0.15, 0.2) is 41.6 Å². The summed E-state index contributed by atoms with van der Waals surface area (Å²) in [6, 6.07) is 4.89. The van der Waals surface area contributed by atoms with Gasteiger partial charge in [-0.2, -0.15) is 0 Å². The van der Waals surface area contributed by atoms with Crippen LogP contribution in [-0.2, 0) is 10.3 Å². The highest BCUT2D eigenvalue weighted by Gasteiger charge is 2.54. The molecular formula is C27H31ClF2N2O4. The Balaban J connectivity index is 1.43. The summed E-state index contributed by atoms with van der Waals surface area (Å²) < 4.78 is 33.7. The number of carbonyl (C=O) groups is 2. The quantitative estimate of drug-likeness (QED) is 0.424. The van der Waals surface area contributed by atoms with Gasteiger partial charge in [0.15, 0.2) is 0 Å². The van der Waals surface area contributed by atoms with Gasteiger partial charge in [-0.3, -0.25) is 4.90 Å². The Kier molecular flexibility index (Phi) is 6.09. The van der Waals surface area contributed by atoms with E-state index >= 15 is 0 Å². The van der Waals surface area contributed by atoms with E-state index in [0.29, 0.717) is 28.5 Å². The lowest BCUT2D eigenvalue weighted by molar-refractivity contribution is -0.133. The maximum atomic E-state index is 13.9. The largest absolute Gasteiger partial charge is 0.492 e. The van der Waals surface area contributed by atoms with Crippen molar-refractivity contribution in [1.82, 2.24) is 10.2 Å². The van der Waals surface area contributed by atoms with Gasteiger partial charge in [0.1, 0.15) is 5.75 Å². The van der Waals surface area contributed by atoms with Crippen molar-refractivity contribution >= 4 is 23.6 Å². The third-order valence-corrected chi connectivity index (χ3v) is 8.62. The highest BCUT2D eigenvalue weighted by molar-refractivity contribution is 6.32. The van der Waals surface area contributed by atoms with Gasteiger partial charge < -0.3 is 15.2 Å². The Hall–Kier alpha value is -2.61. The van der Waals surface area contributed by atoms with Crippen LogP contribution in [0.5, 0.6) is 5.75 Å². The normalized spacial score (nSPS) is 29.8. The third kappa shape index (κ3) is 4.38. The second-order valence-corrected chi connectivity index (χ2v) is 11.5. The number of urea groups is 1. The summed E-state index contributed by atoms with van der Waals surface area (Å²) >= 11 is 6.56. The van der Waals surface area contributed by atoms with E-state index in [1.165, 1.54) is 30.2 Å². The second-order valence-electron chi connectivity index (χ2n) is 11.1. The van der Waals surface area contributed by atoms with Crippen molar-refractivity contribution in [3.05, 3.63) is 52.2 Å². The zero-order chi connectivity index (χ0) is 25.9. The first-order valence-corrected chi connectivity index (χ1v) is 12.9. The highest BCUT2D eigenvalue weighted by atomic mass is 35.5. The Morgan fingerprint density at radius 2 is 1.97 bits per heavy atom. The number of rotatable bonds is 8. The SMILES string of the molecule is CC1(N2C=C(C3CC(F)(F)C3)[C@](C)(c3ccc(OCCC4CCC4)c(Cl)c3)NC2=O)C=C(C(=O)O)C1. The lowest BCUT2D eigenvalue weighted by Gasteiger charge is -2.52. The predicted molar refractivity (Wildman–Crippen MR) is 131 cm³/mol. The smallest absolute Gasteiger partial charge is 0.331 e. The number of halogens is 3. The van der Waals surface area contributed by atoms with Gasteiger partial charge >= 0.3 is 12.0 Å². The van der Waals surface area contributed by atoms with Crippen molar-refractivity contribution in [1.29, 1.82) is 0 Å². The maximum Gasteiger partial charge on any atom is 0.331 e. The monoisotopic (exact) mass is 520 g/mol. The molecule has 5 rings (SSSR count). The summed E-state index contributed by atoms with van der Waals surface area (Å²) in [5.74, 6) is -2.93. The molecule has 2 atom stereocenters. The molecule has 0 bridgehead atoms. The van der Waals surface area contributed by atoms with Crippen molar-refractivity contribution in [3.63, 3.8) is 0 Å². The lowest BCUT2D eigenvalue weighted by atomic mass is 9.67. The Bertz CT molecular complexity index is 1160. The zero-order valence-corrected chi connectivity index (χ0v) is 21.2. The van der Waals surface area contributed by atoms with Gasteiger partial charge in [0, 0.05) is 31.0 Å². The number of hydrogen-bond donors (Lipinski definition) is 2. The van der Waals surface area contributed by atoms with E-state index in [2.05, 4.69) is 5.32 Å². The van der Waals surface area contributed by atoms with Crippen molar-refractivity contribution in [2.24, 2.45) is 11.8 Å². The summed E-state index contributed by atoms with van der Waals surface area (Å²) in [6.07, 6.45) is 7.50. The topological polar surface area (TPSA) is 78.9 Å². The number of carboxylic acid groups (broad SMARTS) is 1. The van der Waals surface area contributed by atoms with Gasteiger partial charge in [-0.25, -0.2) is 18.4 Å². The Morgan fingerprint density at radius 1 is 1.28 bits per heavy atom. The molecule has 2 saturated carbocycles. The van der Waals surface area contributed by atoms with Crippen LogP contribution in [0.1, 0.15) is 64.4 Å². The number of hydrogen-bond acceptors (Lipinski definition) is 3. The molecule has 1 unspecified atom stereocenters. The van der Waals surface area contributed by atoms with Crippen LogP contribution in [0.3, 0.4) is 0 Å². The zero-order valence-electron chi connectivity index (χ0n) is 20.5. The van der Waals surface area contributed by atoms with Crippen LogP contribution in [0.4, 0.5) is 13.6 Å². The van der Waals surface area contributed by atoms with E-state index in [-0.39, 0.29) is 24.8 Å². The molecule has 1 aromatic carbocycles. The number of carboxylic acids is 1. The van der Waals surface area contributed by atoms with Crippen molar-refractivity contribution in [2.75, 3.05) is 6.61 Å². The number of ether oxygens (including phenoxy) is 1. The minimum absolute atomic E-state index is 0.176. The van der Waals surface area contributed by atoms with Crippen LogP contribution < -0.4 is 10.1 Å². The molecule has 2 amide bonds. The van der Waals surface area contributed by atoms with E-state index in [1.807, 2.05) is 6.07 Å². The first-order valence-electron chi connectivity index (χ1n) is 12.5.